The molecule has 8 heteroatoms. The molecule has 0 spiro atoms. The fourth-order valence-electron chi connectivity index (χ4n) is 2.80. The zero-order chi connectivity index (χ0) is 17.6. The van der Waals surface area contributed by atoms with Crippen LogP contribution in [0.15, 0.2) is 24.3 Å². The van der Waals surface area contributed by atoms with E-state index >= 15 is 0 Å². The summed E-state index contributed by atoms with van der Waals surface area (Å²) < 4.78 is 0. The molecule has 0 radical (unpaired) electrons. The zero-order valence-corrected chi connectivity index (χ0v) is 14.9. The summed E-state index contributed by atoms with van der Waals surface area (Å²) in [6.45, 7) is 0.177. The molecule has 1 aliphatic carbocycles. The minimum atomic E-state index is -0.835. The van der Waals surface area contributed by atoms with Gasteiger partial charge in [-0.15, -0.1) is 12.4 Å². The van der Waals surface area contributed by atoms with E-state index in [2.05, 4.69) is 10.6 Å². The summed E-state index contributed by atoms with van der Waals surface area (Å²) in [7, 11) is 0. The van der Waals surface area contributed by atoms with Crippen LogP contribution < -0.4 is 22.1 Å². The predicted octanol–water partition coefficient (Wildman–Crippen LogP) is 1.31. The van der Waals surface area contributed by atoms with Gasteiger partial charge in [-0.25, -0.2) is 0 Å². The number of halogens is 1. The third kappa shape index (κ3) is 6.03. The van der Waals surface area contributed by atoms with Crippen LogP contribution in [-0.2, 0) is 9.59 Å². The van der Waals surface area contributed by atoms with E-state index < -0.39 is 11.4 Å². The standard InChI is InChI=1S/C17H24N4O3.ClH/c18-14(22)7-10-20-15(23)12-5-4-6-13(11-12)21-16(24)17(19)8-2-1-3-9-17;/h4-6,11H,1-3,7-10,19H2,(H2,18,22)(H,20,23)(H,21,24);1H. The largest absolute Gasteiger partial charge is 0.370 e. The smallest absolute Gasteiger partial charge is 0.251 e. The van der Waals surface area contributed by atoms with Crippen LogP contribution in [0.1, 0.15) is 48.9 Å². The van der Waals surface area contributed by atoms with Gasteiger partial charge < -0.3 is 22.1 Å². The third-order valence-electron chi connectivity index (χ3n) is 4.24. The SMILES string of the molecule is Cl.NC(=O)CCNC(=O)c1cccc(NC(=O)C2(N)CCCCC2)c1. The van der Waals surface area contributed by atoms with Crippen LogP contribution in [0.25, 0.3) is 0 Å². The second-order valence-electron chi connectivity index (χ2n) is 6.22. The Morgan fingerprint density at radius 1 is 1.12 bits per heavy atom. The molecule has 1 saturated carbocycles. The lowest BCUT2D eigenvalue weighted by Crippen LogP contribution is -2.52. The summed E-state index contributed by atoms with van der Waals surface area (Å²) in [6.07, 6.45) is 4.43. The number of carbonyl (C=O) groups is 3. The van der Waals surface area contributed by atoms with Gasteiger partial charge in [0.15, 0.2) is 0 Å². The molecule has 3 amide bonds. The van der Waals surface area contributed by atoms with E-state index in [1.807, 2.05) is 0 Å². The molecule has 0 heterocycles. The molecule has 0 unspecified atom stereocenters. The molecular weight excluding hydrogens is 344 g/mol. The van der Waals surface area contributed by atoms with Gasteiger partial charge in [0.05, 0.1) is 5.54 Å². The molecule has 0 aliphatic heterocycles. The number of amides is 3. The third-order valence-corrected chi connectivity index (χ3v) is 4.24. The normalized spacial score (nSPS) is 15.6. The van der Waals surface area contributed by atoms with Crippen LogP contribution in [0.2, 0.25) is 0 Å². The van der Waals surface area contributed by atoms with Gasteiger partial charge >= 0.3 is 0 Å². The molecule has 0 atom stereocenters. The number of primary amides is 1. The molecule has 1 fully saturated rings. The van der Waals surface area contributed by atoms with E-state index in [1.165, 1.54) is 0 Å². The van der Waals surface area contributed by atoms with Crippen molar-refractivity contribution in [3.05, 3.63) is 29.8 Å². The second-order valence-corrected chi connectivity index (χ2v) is 6.22. The highest BCUT2D eigenvalue weighted by molar-refractivity contribution is 6.00. The first kappa shape index (κ1) is 20.9. The molecule has 2 rings (SSSR count). The number of nitrogens with two attached hydrogens (primary N) is 2. The summed E-state index contributed by atoms with van der Waals surface area (Å²) in [6, 6.07) is 6.62. The van der Waals surface area contributed by atoms with E-state index in [1.54, 1.807) is 24.3 Å². The van der Waals surface area contributed by atoms with Crippen molar-refractivity contribution in [2.24, 2.45) is 11.5 Å². The van der Waals surface area contributed by atoms with Crippen molar-refractivity contribution in [1.29, 1.82) is 0 Å². The summed E-state index contributed by atoms with van der Waals surface area (Å²) in [5.74, 6) is -1.02. The Balaban J connectivity index is 0.00000312. The van der Waals surface area contributed by atoms with Crippen molar-refractivity contribution in [3.63, 3.8) is 0 Å². The van der Waals surface area contributed by atoms with Crippen LogP contribution in [-0.4, -0.2) is 29.8 Å². The van der Waals surface area contributed by atoms with Gasteiger partial charge in [-0.05, 0) is 31.0 Å². The number of carbonyl (C=O) groups excluding carboxylic acids is 3. The van der Waals surface area contributed by atoms with Crippen LogP contribution in [0.3, 0.4) is 0 Å². The molecule has 0 saturated heterocycles. The van der Waals surface area contributed by atoms with Gasteiger partial charge in [0.1, 0.15) is 0 Å². The fourth-order valence-corrected chi connectivity index (χ4v) is 2.80. The zero-order valence-electron chi connectivity index (χ0n) is 14.0. The molecule has 138 valence electrons. The average Bonchev–Trinajstić information content (AvgIpc) is 2.55. The average molecular weight is 369 g/mol. The van der Waals surface area contributed by atoms with Gasteiger partial charge in [0, 0.05) is 24.2 Å². The summed E-state index contributed by atoms with van der Waals surface area (Å²) in [4.78, 5) is 35.1. The molecule has 25 heavy (non-hydrogen) atoms. The lowest BCUT2D eigenvalue weighted by Gasteiger charge is -2.31. The monoisotopic (exact) mass is 368 g/mol. The Morgan fingerprint density at radius 2 is 1.80 bits per heavy atom. The fraction of sp³-hybridized carbons (Fsp3) is 0.471. The van der Waals surface area contributed by atoms with Crippen molar-refractivity contribution in [2.75, 3.05) is 11.9 Å². The van der Waals surface area contributed by atoms with Crippen molar-refractivity contribution in [2.45, 2.75) is 44.1 Å². The number of nitrogens with one attached hydrogen (secondary N) is 2. The van der Waals surface area contributed by atoms with E-state index in [0.717, 1.165) is 19.3 Å². The number of hydrogen-bond donors (Lipinski definition) is 4. The lowest BCUT2D eigenvalue weighted by molar-refractivity contribution is -0.122. The topological polar surface area (TPSA) is 127 Å². The highest BCUT2D eigenvalue weighted by Gasteiger charge is 2.35. The minimum absolute atomic E-state index is 0. The van der Waals surface area contributed by atoms with E-state index in [0.29, 0.717) is 24.1 Å². The van der Waals surface area contributed by atoms with Gasteiger partial charge in [-0.3, -0.25) is 14.4 Å². The van der Waals surface area contributed by atoms with Gasteiger partial charge in [-0.1, -0.05) is 25.3 Å². The van der Waals surface area contributed by atoms with Gasteiger partial charge in [-0.2, -0.15) is 0 Å². The molecule has 1 aliphatic rings. The summed E-state index contributed by atoms with van der Waals surface area (Å²) >= 11 is 0. The van der Waals surface area contributed by atoms with Crippen LogP contribution in [0.5, 0.6) is 0 Å². The molecular formula is C17H25ClN4O3. The number of hydrogen-bond acceptors (Lipinski definition) is 4. The molecule has 6 N–H and O–H groups in total. The Kier molecular flexibility index (Phi) is 7.86. The van der Waals surface area contributed by atoms with Crippen LogP contribution >= 0.6 is 12.4 Å². The Bertz CT molecular complexity index is 630. The number of anilines is 1. The number of rotatable bonds is 6. The Morgan fingerprint density at radius 3 is 2.44 bits per heavy atom. The summed E-state index contributed by atoms with van der Waals surface area (Å²) in [5, 5.41) is 5.41. The van der Waals surface area contributed by atoms with Gasteiger partial charge in [0.25, 0.3) is 5.91 Å². The minimum Gasteiger partial charge on any atom is -0.370 e. The lowest BCUT2D eigenvalue weighted by atomic mass is 9.82. The summed E-state index contributed by atoms with van der Waals surface area (Å²) in [5.41, 5.74) is 11.3. The van der Waals surface area contributed by atoms with Crippen molar-refractivity contribution in [3.8, 4) is 0 Å². The maximum atomic E-state index is 12.4. The maximum absolute atomic E-state index is 12.4. The van der Waals surface area contributed by atoms with Crippen molar-refractivity contribution >= 4 is 35.8 Å². The maximum Gasteiger partial charge on any atom is 0.251 e. The molecule has 1 aromatic carbocycles. The molecule has 0 bridgehead atoms. The second kappa shape index (κ2) is 9.39. The molecule has 7 nitrogen and oxygen atoms in total. The van der Waals surface area contributed by atoms with E-state index in [9.17, 15) is 14.4 Å². The van der Waals surface area contributed by atoms with Crippen LogP contribution in [0.4, 0.5) is 5.69 Å². The van der Waals surface area contributed by atoms with Gasteiger partial charge in [0.2, 0.25) is 11.8 Å². The van der Waals surface area contributed by atoms with Crippen molar-refractivity contribution in [1.82, 2.24) is 5.32 Å². The van der Waals surface area contributed by atoms with Crippen molar-refractivity contribution < 1.29 is 14.4 Å². The first-order valence-electron chi connectivity index (χ1n) is 8.18. The first-order valence-corrected chi connectivity index (χ1v) is 8.18. The van der Waals surface area contributed by atoms with Crippen LogP contribution in [0, 0.1) is 0 Å². The first-order chi connectivity index (χ1) is 11.4. The Hall–Kier alpha value is -2.12. The quantitative estimate of drug-likeness (QED) is 0.603. The Labute approximate surface area is 153 Å². The number of benzene rings is 1. The van der Waals surface area contributed by atoms with E-state index in [4.69, 9.17) is 11.5 Å². The highest BCUT2D eigenvalue weighted by atomic mass is 35.5. The molecule has 0 aromatic heterocycles. The van der Waals surface area contributed by atoms with E-state index in [-0.39, 0.29) is 37.2 Å². The highest BCUT2D eigenvalue weighted by Crippen LogP contribution is 2.27. The molecule has 1 aromatic rings. The predicted molar refractivity (Wildman–Crippen MR) is 98.5 cm³/mol.